The summed E-state index contributed by atoms with van der Waals surface area (Å²) in [5.74, 6) is 0.0231. The van der Waals surface area contributed by atoms with Gasteiger partial charge in [0, 0.05) is 17.3 Å². The topological polar surface area (TPSA) is 68.2 Å². The van der Waals surface area contributed by atoms with Gasteiger partial charge in [-0.25, -0.2) is 13.1 Å². The van der Waals surface area contributed by atoms with E-state index in [4.69, 9.17) is 0 Å². The highest BCUT2D eigenvalue weighted by molar-refractivity contribution is 7.89. The van der Waals surface area contributed by atoms with Crippen LogP contribution in [0.5, 0.6) is 0 Å². The van der Waals surface area contributed by atoms with Gasteiger partial charge in [-0.3, -0.25) is 4.79 Å². The van der Waals surface area contributed by atoms with Crippen LogP contribution >= 0.6 is 0 Å². The summed E-state index contributed by atoms with van der Waals surface area (Å²) in [6.07, 6.45) is 1.92. The van der Waals surface area contributed by atoms with Gasteiger partial charge in [0.15, 0.2) is 0 Å². The van der Waals surface area contributed by atoms with Crippen LogP contribution in [0.15, 0.2) is 71.5 Å². The average molecular weight is 437 g/mol. The molecule has 2 aromatic carbocycles. The largest absolute Gasteiger partial charge is 0.307 e. The van der Waals surface area contributed by atoms with E-state index in [2.05, 4.69) is 29.0 Å². The number of rotatable bonds is 6. The Balaban J connectivity index is 1.75. The summed E-state index contributed by atoms with van der Waals surface area (Å²) in [6.45, 7) is 3.44. The number of hydrogen-bond donors (Lipinski definition) is 1. The molecule has 0 saturated heterocycles. The van der Waals surface area contributed by atoms with Crippen LogP contribution in [-0.2, 0) is 22.9 Å². The van der Waals surface area contributed by atoms with E-state index in [-0.39, 0.29) is 23.4 Å². The molecule has 4 rings (SSSR count). The second-order valence-corrected chi connectivity index (χ2v) is 10.2. The minimum absolute atomic E-state index is 0.0231. The SMILES string of the molecule is CCS(=O)(=O)N[C@H]1CCc2ccc(C)c(=O)n2[C@H]1Cc1cccc(-c2ccccc2)c1. The number of nitrogens with zero attached hydrogens (tertiary/aromatic N) is 1. The number of aromatic nitrogens is 1. The Labute approximate surface area is 183 Å². The Morgan fingerprint density at radius 2 is 1.74 bits per heavy atom. The van der Waals surface area contributed by atoms with Crippen LogP contribution in [0.2, 0.25) is 0 Å². The molecule has 0 unspecified atom stereocenters. The van der Waals surface area contributed by atoms with Crippen LogP contribution in [0.1, 0.15) is 36.2 Å². The average Bonchev–Trinajstić information content (AvgIpc) is 2.78. The highest BCUT2D eigenvalue weighted by Crippen LogP contribution is 2.29. The fourth-order valence-corrected chi connectivity index (χ4v) is 5.27. The molecule has 0 aliphatic carbocycles. The quantitative estimate of drug-likeness (QED) is 0.638. The molecule has 3 aromatic rings. The van der Waals surface area contributed by atoms with Gasteiger partial charge in [0.05, 0.1) is 11.8 Å². The van der Waals surface area contributed by atoms with Crippen LogP contribution in [-0.4, -0.2) is 24.8 Å². The smallest absolute Gasteiger partial charge is 0.253 e. The van der Waals surface area contributed by atoms with Crippen molar-refractivity contribution in [1.29, 1.82) is 0 Å². The molecule has 6 heteroatoms. The van der Waals surface area contributed by atoms with E-state index in [0.717, 1.165) is 22.4 Å². The van der Waals surface area contributed by atoms with Gasteiger partial charge in [0.1, 0.15) is 0 Å². The summed E-state index contributed by atoms with van der Waals surface area (Å²) in [7, 11) is -3.39. The van der Waals surface area contributed by atoms with Gasteiger partial charge in [-0.15, -0.1) is 0 Å². The number of pyridine rings is 1. The van der Waals surface area contributed by atoms with Crippen molar-refractivity contribution in [3.05, 3.63) is 93.9 Å². The molecular formula is C25H28N2O3S. The van der Waals surface area contributed by atoms with Gasteiger partial charge in [-0.2, -0.15) is 0 Å². The standard InChI is InChI=1S/C25H28N2O3S/c1-3-31(29,30)26-23-15-14-22-13-12-18(2)25(28)27(22)24(23)17-19-8-7-11-21(16-19)20-9-5-4-6-10-20/h4-13,16,23-24,26H,3,14-15,17H2,1-2H3/t23-,24-/m0/s1. The fraction of sp³-hybridized carbons (Fsp3) is 0.320. The molecule has 31 heavy (non-hydrogen) atoms. The van der Waals surface area contributed by atoms with E-state index in [0.29, 0.717) is 24.8 Å². The normalized spacial score (nSPS) is 18.5. The van der Waals surface area contributed by atoms with Gasteiger partial charge in [-0.05, 0) is 55.9 Å². The van der Waals surface area contributed by atoms with Crippen LogP contribution in [0.25, 0.3) is 11.1 Å². The fourth-order valence-electron chi connectivity index (χ4n) is 4.37. The van der Waals surface area contributed by atoms with Gasteiger partial charge >= 0.3 is 0 Å². The number of sulfonamides is 1. The Morgan fingerprint density at radius 3 is 2.48 bits per heavy atom. The molecule has 162 valence electrons. The molecule has 5 nitrogen and oxygen atoms in total. The summed E-state index contributed by atoms with van der Waals surface area (Å²) in [5, 5.41) is 0. The zero-order chi connectivity index (χ0) is 22.0. The van der Waals surface area contributed by atoms with Crippen molar-refractivity contribution in [3.8, 4) is 11.1 Å². The molecule has 2 atom stereocenters. The van der Waals surface area contributed by atoms with Crippen molar-refractivity contribution < 1.29 is 8.42 Å². The molecular weight excluding hydrogens is 408 g/mol. The highest BCUT2D eigenvalue weighted by atomic mass is 32.2. The van der Waals surface area contributed by atoms with Crippen molar-refractivity contribution in [1.82, 2.24) is 9.29 Å². The highest BCUT2D eigenvalue weighted by Gasteiger charge is 2.33. The van der Waals surface area contributed by atoms with Crippen LogP contribution in [0.3, 0.4) is 0 Å². The predicted molar refractivity (Wildman–Crippen MR) is 125 cm³/mol. The lowest BCUT2D eigenvalue weighted by atomic mass is 9.90. The number of nitrogens with one attached hydrogen (secondary N) is 1. The lowest BCUT2D eigenvalue weighted by molar-refractivity contribution is 0.314. The molecule has 0 bridgehead atoms. The number of hydrogen-bond acceptors (Lipinski definition) is 3. The van der Waals surface area contributed by atoms with Crippen LogP contribution in [0.4, 0.5) is 0 Å². The van der Waals surface area contributed by atoms with E-state index in [1.54, 1.807) is 6.92 Å². The molecule has 0 radical (unpaired) electrons. The minimum Gasteiger partial charge on any atom is -0.307 e. The number of aryl methyl sites for hydroxylation is 2. The summed E-state index contributed by atoms with van der Waals surface area (Å²) in [6, 6.07) is 21.7. The van der Waals surface area contributed by atoms with Crippen molar-refractivity contribution in [3.63, 3.8) is 0 Å². The lowest BCUT2D eigenvalue weighted by Crippen LogP contribution is -2.49. The zero-order valence-corrected chi connectivity index (χ0v) is 18.7. The van der Waals surface area contributed by atoms with Crippen molar-refractivity contribution in [2.45, 2.75) is 45.2 Å². The second kappa shape index (κ2) is 8.81. The van der Waals surface area contributed by atoms with E-state index >= 15 is 0 Å². The van der Waals surface area contributed by atoms with Crippen LogP contribution < -0.4 is 10.3 Å². The van der Waals surface area contributed by atoms with Gasteiger partial charge in [-0.1, -0.05) is 60.7 Å². The first kappa shape index (κ1) is 21.5. The first-order valence-electron chi connectivity index (χ1n) is 10.7. The Bertz CT molecular complexity index is 1230. The molecule has 1 aromatic heterocycles. The first-order chi connectivity index (χ1) is 14.9. The maximum atomic E-state index is 13.1. The lowest BCUT2D eigenvalue weighted by Gasteiger charge is -2.36. The van der Waals surface area contributed by atoms with Crippen molar-refractivity contribution in [2.24, 2.45) is 0 Å². The van der Waals surface area contributed by atoms with Crippen molar-refractivity contribution >= 4 is 10.0 Å². The van der Waals surface area contributed by atoms with Gasteiger partial charge < -0.3 is 4.57 Å². The molecule has 1 N–H and O–H groups in total. The third-order valence-corrected chi connectivity index (χ3v) is 7.51. The molecule has 0 amide bonds. The number of benzene rings is 2. The predicted octanol–water partition coefficient (Wildman–Crippen LogP) is 3.86. The van der Waals surface area contributed by atoms with E-state index in [1.165, 1.54) is 0 Å². The van der Waals surface area contributed by atoms with E-state index < -0.39 is 10.0 Å². The Hall–Kier alpha value is -2.70. The Kier molecular flexibility index (Phi) is 6.12. The van der Waals surface area contributed by atoms with Crippen LogP contribution in [0, 0.1) is 6.92 Å². The van der Waals surface area contributed by atoms with E-state index in [9.17, 15) is 13.2 Å². The van der Waals surface area contributed by atoms with Gasteiger partial charge in [0.2, 0.25) is 10.0 Å². The van der Waals surface area contributed by atoms with E-state index in [1.807, 2.05) is 54.0 Å². The summed E-state index contributed by atoms with van der Waals surface area (Å²) < 4.78 is 29.4. The maximum Gasteiger partial charge on any atom is 0.253 e. The molecule has 0 saturated carbocycles. The third-order valence-electron chi connectivity index (χ3n) is 6.09. The zero-order valence-electron chi connectivity index (χ0n) is 17.9. The first-order valence-corrected chi connectivity index (χ1v) is 12.4. The maximum absolute atomic E-state index is 13.1. The summed E-state index contributed by atoms with van der Waals surface area (Å²) in [4.78, 5) is 13.1. The molecule has 0 fully saturated rings. The molecule has 1 aliphatic rings. The number of fused-ring (bicyclic) bond motifs is 1. The Morgan fingerprint density at radius 1 is 1.00 bits per heavy atom. The second-order valence-electron chi connectivity index (χ2n) is 8.19. The molecule has 1 aliphatic heterocycles. The summed E-state index contributed by atoms with van der Waals surface area (Å²) >= 11 is 0. The molecule has 2 heterocycles. The van der Waals surface area contributed by atoms with Gasteiger partial charge in [0.25, 0.3) is 5.56 Å². The minimum atomic E-state index is -3.39. The van der Waals surface area contributed by atoms with Crippen molar-refractivity contribution in [2.75, 3.05) is 5.75 Å². The third kappa shape index (κ3) is 4.65. The monoisotopic (exact) mass is 436 g/mol. The summed E-state index contributed by atoms with van der Waals surface area (Å²) in [5.41, 5.74) is 4.91. The molecule has 0 spiro atoms.